The highest BCUT2D eigenvalue weighted by Gasteiger charge is 2.24. The number of aromatic nitrogens is 2. The molecule has 1 saturated heterocycles. The predicted octanol–water partition coefficient (Wildman–Crippen LogP) is 1.82. The Morgan fingerprint density at radius 3 is 2.70 bits per heavy atom. The van der Waals surface area contributed by atoms with E-state index >= 15 is 0 Å². The first-order chi connectivity index (χ1) is 9.63. The third kappa shape index (κ3) is 2.91. The summed E-state index contributed by atoms with van der Waals surface area (Å²) in [6.45, 7) is 8.17. The first-order valence-corrected chi connectivity index (χ1v) is 8.16. The van der Waals surface area contributed by atoms with E-state index in [1.807, 2.05) is 0 Å². The highest BCUT2D eigenvalue weighted by atomic mass is 15.2. The van der Waals surface area contributed by atoms with Crippen molar-refractivity contribution in [3.8, 4) is 0 Å². The average molecular weight is 276 g/mol. The first kappa shape index (κ1) is 14.1. The van der Waals surface area contributed by atoms with Gasteiger partial charge in [-0.2, -0.15) is 0 Å². The normalized spacial score (nSPS) is 25.1. The minimum absolute atomic E-state index is 0.335. The molecule has 1 aromatic rings. The zero-order valence-corrected chi connectivity index (χ0v) is 12.9. The lowest BCUT2D eigenvalue weighted by Crippen LogP contribution is -2.39. The topological polar surface area (TPSA) is 47.1 Å². The SMILES string of the molecule is CC(C)N1CCC(Cc2ncc3n2CCC(N)C3)CC1. The lowest BCUT2D eigenvalue weighted by Gasteiger charge is -2.34. The molecule has 0 saturated carbocycles. The van der Waals surface area contributed by atoms with E-state index in [9.17, 15) is 0 Å². The maximum atomic E-state index is 6.04. The van der Waals surface area contributed by atoms with E-state index in [0.717, 1.165) is 31.7 Å². The van der Waals surface area contributed by atoms with Gasteiger partial charge in [0, 0.05) is 43.4 Å². The van der Waals surface area contributed by atoms with Crippen LogP contribution < -0.4 is 5.73 Å². The summed E-state index contributed by atoms with van der Waals surface area (Å²) in [6.07, 6.45) is 7.94. The summed E-state index contributed by atoms with van der Waals surface area (Å²) >= 11 is 0. The molecule has 4 nitrogen and oxygen atoms in total. The van der Waals surface area contributed by atoms with Crippen LogP contribution in [-0.4, -0.2) is 39.6 Å². The van der Waals surface area contributed by atoms with Gasteiger partial charge in [0.05, 0.1) is 0 Å². The number of piperidine rings is 1. The highest BCUT2D eigenvalue weighted by Crippen LogP contribution is 2.24. The molecular formula is C16H28N4. The smallest absolute Gasteiger partial charge is 0.109 e. The van der Waals surface area contributed by atoms with Gasteiger partial charge in [-0.25, -0.2) is 4.98 Å². The number of likely N-dealkylation sites (tertiary alicyclic amines) is 1. The lowest BCUT2D eigenvalue weighted by atomic mass is 9.92. The van der Waals surface area contributed by atoms with Gasteiger partial charge in [0.15, 0.2) is 0 Å². The fourth-order valence-electron chi connectivity index (χ4n) is 3.65. The van der Waals surface area contributed by atoms with Crippen LogP contribution in [0.4, 0.5) is 0 Å². The van der Waals surface area contributed by atoms with Crippen molar-refractivity contribution >= 4 is 0 Å². The molecule has 112 valence electrons. The number of nitrogens with two attached hydrogens (primary N) is 1. The van der Waals surface area contributed by atoms with Crippen molar-refractivity contribution in [3.63, 3.8) is 0 Å². The molecule has 1 atom stereocenters. The molecule has 3 heterocycles. The zero-order valence-electron chi connectivity index (χ0n) is 12.9. The highest BCUT2D eigenvalue weighted by molar-refractivity contribution is 5.10. The molecule has 0 radical (unpaired) electrons. The van der Waals surface area contributed by atoms with Crippen LogP contribution in [0.25, 0.3) is 0 Å². The van der Waals surface area contributed by atoms with Crippen LogP contribution >= 0.6 is 0 Å². The van der Waals surface area contributed by atoms with E-state index in [4.69, 9.17) is 5.73 Å². The number of hydrogen-bond donors (Lipinski definition) is 1. The molecule has 20 heavy (non-hydrogen) atoms. The van der Waals surface area contributed by atoms with Gasteiger partial charge in [-0.05, 0) is 52.1 Å². The van der Waals surface area contributed by atoms with Crippen molar-refractivity contribution in [2.24, 2.45) is 11.7 Å². The van der Waals surface area contributed by atoms with Gasteiger partial charge in [-0.3, -0.25) is 0 Å². The van der Waals surface area contributed by atoms with Crippen LogP contribution in [0.2, 0.25) is 0 Å². The van der Waals surface area contributed by atoms with Crippen molar-refractivity contribution in [1.29, 1.82) is 0 Å². The Morgan fingerprint density at radius 1 is 1.25 bits per heavy atom. The second kappa shape index (κ2) is 5.86. The van der Waals surface area contributed by atoms with E-state index < -0.39 is 0 Å². The summed E-state index contributed by atoms with van der Waals surface area (Å²) in [4.78, 5) is 7.27. The summed E-state index contributed by atoms with van der Waals surface area (Å²) in [7, 11) is 0. The maximum Gasteiger partial charge on any atom is 0.109 e. The number of rotatable bonds is 3. The fraction of sp³-hybridized carbons (Fsp3) is 0.812. The third-order valence-corrected chi connectivity index (χ3v) is 5.07. The van der Waals surface area contributed by atoms with Crippen molar-refractivity contribution in [1.82, 2.24) is 14.5 Å². The summed E-state index contributed by atoms with van der Waals surface area (Å²) in [5.74, 6) is 2.11. The second-order valence-corrected chi connectivity index (χ2v) is 6.85. The standard InChI is InChI=1S/C16H28N4/c1-12(2)19-6-3-13(4-7-19)9-16-18-11-15-10-14(17)5-8-20(15)16/h11-14H,3-10,17H2,1-2H3. The van der Waals surface area contributed by atoms with E-state index in [-0.39, 0.29) is 0 Å². The van der Waals surface area contributed by atoms with Gasteiger partial charge in [-0.15, -0.1) is 0 Å². The van der Waals surface area contributed by atoms with Crippen LogP contribution in [0.1, 0.15) is 44.6 Å². The van der Waals surface area contributed by atoms with Crippen molar-refractivity contribution < 1.29 is 0 Å². The molecule has 1 unspecified atom stereocenters. The van der Waals surface area contributed by atoms with Gasteiger partial charge < -0.3 is 15.2 Å². The zero-order chi connectivity index (χ0) is 14.1. The van der Waals surface area contributed by atoms with Crippen molar-refractivity contribution in [2.75, 3.05) is 13.1 Å². The van der Waals surface area contributed by atoms with Gasteiger partial charge in [-0.1, -0.05) is 0 Å². The molecule has 3 rings (SSSR count). The number of imidazole rings is 1. The number of fused-ring (bicyclic) bond motifs is 1. The molecule has 1 aromatic heterocycles. The molecule has 1 fully saturated rings. The molecule has 2 aliphatic rings. The average Bonchev–Trinajstić information content (AvgIpc) is 2.81. The third-order valence-electron chi connectivity index (χ3n) is 5.07. The Balaban J connectivity index is 1.60. The van der Waals surface area contributed by atoms with Gasteiger partial charge >= 0.3 is 0 Å². The maximum absolute atomic E-state index is 6.04. The molecule has 0 spiro atoms. The predicted molar refractivity (Wildman–Crippen MR) is 81.7 cm³/mol. The van der Waals surface area contributed by atoms with Gasteiger partial charge in [0.25, 0.3) is 0 Å². The Kier molecular flexibility index (Phi) is 4.13. The minimum atomic E-state index is 0.335. The molecule has 0 aliphatic carbocycles. The monoisotopic (exact) mass is 276 g/mol. The van der Waals surface area contributed by atoms with Crippen LogP contribution in [0.3, 0.4) is 0 Å². The molecule has 2 N–H and O–H groups in total. The number of hydrogen-bond acceptors (Lipinski definition) is 3. The Bertz CT molecular complexity index is 443. The van der Waals surface area contributed by atoms with E-state index in [0.29, 0.717) is 12.1 Å². The van der Waals surface area contributed by atoms with E-state index in [1.54, 1.807) is 0 Å². The Labute approximate surface area is 122 Å². The van der Waals surface area contributed by atoms with Gasteiger partial charge in [0.1, 0.15) is 5.82 Å². The first-order valence-electron chi connectivity index (χ1n) is 8.16. The molecule has 0 bridgehead atoms. The second-order valence-electron chi connectivity index (χ2n) is 6.85. The van der Waals surface area contributed by atoms with Crippen LogP contribution in [-0.2, 0) is 19.4 Å². The van der Waals surface area contributed by atoms with Crippen molar-refractivity contribution in [3.05, 3.63) is 17.7 Å². The Morgan fingerprint density at radius 2 is 2.00 bits per heavy atom. The summed E-state index contributed by atoms with van der Waals surface area (Å²) in [5, 5.41) is 0. The Hall–Kier alpha value is -0.870. The molecule has 2 aliphatic heterocycles. The largest absolute Gasteiger partial charge is 0.332 e. The molecular weight excluding hydrogens is 248 g/mol. The van der Waals surface area contributed by atoms with Crippen LogP contribution in [0, 0.1) is 5.92 Å². The quantitative estimate of drug-likeness (QED) is 0.916. The van der Waals surface area contributed by atoms with Crippen LogP contribution in [0.5, 0.6) is 0 Å². The van der Waals surface area contributed by atoms with Crippen molar-refractivity contribution in [2.45, 2.75) is 64.6 Å². The van der Waals surface area contributed by atoms with Gasteiger partial charge in [0.2, 0.25) is 0 Å². The van der Waals surface area contributed by atoms with E-state index in [2.05, 4.69) is 34.5 Å². The summed E-state index contributed by atoms with van der Waals surface area (Å²) in [6, 6.07) is 1.03. The fourth-order valence-corrected chi connectivity index (χ4v) is 3.65. The molecule has 4 heteroatoms. The number of nitrogens with zero attached hydrogens (tertiary/aromatic N) is 3. The molecule has 0 amide bonds. The van der Waals surface area contributed by atoms with Crippen LogP contribution in [0.15, 0.2) is 6.20 Å². The lowest BCUT2D eigenvalue weighted by molar-refractivity contribution is 0.148. The summed E-state index contributed by atoms with van der Waals surface area (Å²) in [5.41, 5.74) is 7.39. The minimum Gasteiger partial charge on any atom is -0.332 e. The summed E-state index contributed by atoms with van der Waals surface area (Å²) < 4.78 is 2.43. The molecule has 0 aromatic carbocycles. The van der Waals surface area contributed by atoms with E-state index in [1.165, 1.54) is 37.4 Å².